The molecule has 0 unspecified atom stereocenters. The van der Waals surface area contributed by atoms with Crippen molar-refractivity contribution in [2.75, 3.05) is 54.0 Å². The predicted molar refractivity (Wildman–Crippen MR) is 120 cm³/mol. The molecule has 8 nitrogen and oxygen atoms in total. The maximum atomic E-state index is 11.2. The molecule has 0 fully saturated rings. The molecular weight excluding hydrogens is 481 g/mol. The highest BCUT2D eigenvalue weighted by Crippen LogP contribution is 2.08. The van der Waals surface area contributed by atoms with Gasteiger partial charge in [0.1, 0.15) is 0 Å². The number of nitrogens with two attached hydrogens (primary N) is 1. The third-order valence-corrected chi connectivity index (χ3v) is 4.79. The molecule has 1 aromatic rings. The summed E-state index contributed by atoms with van der Waals surface area (Å²) >= 11 is 0. The molecule has 0 heterocycles. The van der Waals surface area contributed by atoms with Crippen molar-refractivity contribution < 1.29 is 13.2 Å². The number of aliphatic imine (C=N–C) groups is 1. The highest BCUT2D eigenvalue weighted by atomic mass is 127. The average Bonchev–Trinajstić information content (AvgIpc) is 2.60. The van der Waals surface area contributed by atoms with E-state index in [9.17, 15) is 8.42 Å². The lowest BCUT2D eigenvalue weighted by molar-refractivity contribution is 0.180. The number of benzene rings is 1. The molecular formula is C17H32IN5O3S. The fraction of sp³-hybridized carbons (Fsp3) is 0.588. The SMILES string of the molecule is CN=C(NCCc1ccc(S(N)(=O)=O)cc1)NCCN(C)CCCOC.I. The second kappa shape index (κ2) is 14.1. The molecule has 0 saturated heterocycles. The summed E-state index contributed by atoms with van der Waals surface area (Å²) in [6, 6.07) is 6.59. The second-order valence-corrected chi connectivity index (χ2v) is 7.58. The summed E-state index contributed by atoms with van der Waals surface area (Å²) in [5.74, 6) is 0.747. The summed E-state index contributed by atoms with van der Waals surface area (Å²) in [6.45, 7) is 4.18. The largest absolute Gasteiger partial charge is 0.385 e. The Balaban J connectivity index is 0.00000676. The molecule has 0 saturated carbocycles. The molecule has 4 N–H and O–H groups in total. The minimum absolute atomic E-state index is 0. The lowest BCUT2D eigenvalue weighted by atomic mass is 10.1. The van der Waals surface area contributed by atoms with E-state index < -0.39 is 10.0 Å². The number of guanidine groups is 1. The van der Waals surface area contributed by atoms with Gasteiger partial charge in [-0.25, -0.2) is 13.6 Å². The van der Waals surface area contributed by atoms with Crippen molar-refractivity contribution in [2.45, 2.75) is 17.7 Å². The van der Waals surface area contributed by atoms with E-state index in [-0.39, 0.29) is 28.9 Å². The van der Waals surface area contributed by atoms with Crippen LogP contribution in [0.1, 0.15) is 12.0 Å². The van der Waals surface area contributed by atoms with Crippen LogP contribution in [0.15, 0.2) is 34.2 Å². The number of methoxy groups -OCH3 is 1. The van der Waals surface area contributed by atoms with E-state index >= 15 is 0 Å². The van der Waals surface area contributed by atoms with E-state index in [4.69, 9.17) is 9.88 Å². The van der Waals surface area contributed by atoms with E-state index in [1.807, 2.05) is 0 Å². The van der Waals surface area contributed by atoms with Crippen LogP contribution >= 0.6 is 24.0 Å². The predicted octanol–water partition coefficient (Wildman–Crippen LogP) is 0.628. The minimum atomic E-state index is -3.64. The van der Waals surface area contributed by atoms with Gasteiger partial charge in [-0.15, -0.1) is 24.0 Å². The van der Waals surface area contributed by atoms with Crippen molar-refractivity contribution in [2.24, 2.45) is 10.1 Å². The molecule has 0 aliphatic rings. The van der Waals surface area contributed by atoms with Gasteiger partial charge in [0, 0.05) is 46.9 Å². The minimum Gasteiger partial charge on any atom is -0.385 e. The topological polar surface area (TPSA) is 109 Å². The Kier molecular flexibility index (Phi) is 13.6. The van der Waals surface area contributed by atoms with E-state index in [2.05, 4.69) is 27.6 Å². The van der Waals surface area contributed by atoms with Crippen molar-refractivity contribution in [3.63, 3.8) is 0 Å². The molecule has 0 amide bonds. The van der Waals surface area contributed by atoms with E-state index in [0.29, 0.717) is 6.54 Å². The lowest BCUT2D eigenvalue weighted by Gasteiger charge is -2.18. The summed E-state index contributed by atoms with van der Waals surface area (Å²) in [6.07, 6.45) is 1.77. The molecule has 0 atom stereocenters. The Hall–Kier alpha value is -0.950. The number of primary sulfonamides is 1. The summed E-state index contributed by atoms with van der Waals surface area (Å²) in [7, 11) is 1.89. The molecule has 0 aromatic heterocycles. The third-order valence-electron chi connectivity index (χ3n) is 3.86. The van der Waals surface area contributed by atoms with Crippen molar-refractivity contribution >= 4 is 40.0 Å². The number of nitrogens with one attached hydrogen (secondary N) is 2. The Bertz CT molecular complexity index is 653. The number of hydrogen-bond acceptors (Lipinski definition) is 5. The van der Waals surface area contributed by atoms with Crippen LogP contribution in [-0.2, 0) is 21.2 Å². The molecule has 27 heavy (non-hydrogen) atoms. The molecule has 156 valence electrons. The summed E-state index contributed by atoms with van der Waals surface area (Å²) in [5, 5.41) is 11.6. The van der Waals surface area contributed by atoms with Crippen LogP contribution in [0.5, 0.6) is 0 Å². The first-order valence-corrected chi connectivity index (χ1v) is 10.1. The van der Waals surface area contributed by atoms with Crippen LogP contribution < -0.4 is 15.8 Å². The second-order valence-electron chi connectivity index (χ2n) is 6.01. The first kappa shape index (κ1) is 26.1. The molecule has 0 spiro atoms. The van der Waals surface area contributed by atoms with Gasteiger partial charge in [0.25, 0.3) is 0 Å². The maximum absolute atomic E-state index is 11.2. The van der Waals surface area contributed by atoms with Crippen LogP contribution in [0.4, 0.5) is 0 Å². The molecule has 1 rings (SSSR count). The number of nitrogens with zero attached hydrogens (tertiary/aromatic N) is 2. The first-order chi connectivity index (χ1) is 12.4. The zero-order valence-corrected chi connectivity index (χ0v) is 19.4. The number of ether oxygens (including phenoxy) is 1. The Morgan fingerprint density at radius 1 is 1.19 bits per heavy atom. The Morgan fingerprint density at radius 2 is 1.81 bits per heavy atom. The van der Waals surface area contributed by atoms with Gasteiger partial charge in [-0.05, 0) is 37.6 Å². The van der Waals surface area contributed by atoms with Gasteiger partial charge in [0.2, 0.25) is 10.0 Å². The standard InChI is InChI=1S/C17H31N5O3S.HI/c1-19-17(21-11-13-22(2)12-4-14-25-3)20-10-9-15-5-7-16(8-6-15)26(18,23)24;/h5-8H,4,9-14H2,1-3H3,(H2,18,23,24)(H2,19,20,21);1H. The highest BCUT2D eigenvalue weighted by molar-refractivity contribution is 14.0. The number of sulfonamides is 1. The summed E-state index contributed by atoms with van der Waals surface area (Å²) in [4.78, 5) is 6.57. The third kappa shape index (κ3) is 11.5. The van der Waals surface area contributed by atoms with Crippen LogP contribution in [0.3, 0.4) is 0 Å². The molecule has 0 radical (unpaired) electrons. The number of hydrogen-bond donors (Lipinski definition) is 3. The number of rotatable bonds is 11. The Labute approximate surface area is 180 Å². The van der Waals surface area contributed by atoms with E-state index in [0.717, 1.165) is 50.6 Å². The van der Waals surface area contributed by atoms with Crippen LogP contribution in [0.25, 0.3) is 0 Å². The number of halogens is 1. The van der Waals surface area contributed by atoms with Gasteiger partial charge in [-0.1, -0.05) is 12.1 Å². The van der Waals surface area contributed by atoms with Gasteiger partial charge in [0.05, 0.1) is 4.90 Å². The highest BCUT2D eigenvalue weighted by Gasteiger charge is 2.06. The lowest BCUT2D eigenvalue weighted by Crippen LogP contribution is -2.41. The summed E-state index contributed by atoms with van der Waals surface area (Å²) < 4.78 is 27.5. The van der Waals surface area contributed by atoms with E-state index in [1.165, 1.54) is 12.1 Å². The van der Waals surface area contributed by atoms with Crippen molar-refractivity contribution in [1.82, 2.24) is 15.5 Å². The van der Waals surface area contributed by atoms with Gasteiger partial charge >= 0.3 is 0 Å². The molecule has 10 heteroatoms. The normalized spacial score (nSPS) is 12.0. The fourth-order valence-corrected chi connectivity index (χ4v) is 2.86. The van der Waals surface area contributed by atoms with Gasteiger partial charge < -0.3 is 20.3 Å². The van der Waals surface area contributed by atoms with Crippen molar-refractivity contribution in [3.8, 4) is 0 Å². The van der Waals surface area contributed by atoms with Crippen LogP contribution in [0.2, 0.25) is 0 Å². The van der Waals surface area contributed by atoms with Crippen molar-refractivity contribution in [3.05, 3.63) is 29.8 Å². The fourth-order valence-electron chi connectivity index (χ4n) is 2.35. The Morgan fingerprint density at radius 3 is 2.37 bits per heavy atom. The van der Waals surface area contributed by atoms with Crippen LogP contribution in [-0.4, -0.2) is 73.3 Å². The quantitative estimate of drug-likeness (QED) is 0.173. The maximum Gasteiger partial charge on any atom is 0.238 e. The molecule has 0 bridgehead atoms. The first-order valence-electron chi connectivity index (χ1n) is 8.60. The van der Waals surface area contributed by atoms with Gasteiger partial charge in [0.15, 0.2) is 5.96 Å². The molecule has 1 aromatic carbocycles. The summed E-state index contributed by atoms with van der Waals surface area (Å²) in [5.41, 5.74) is 1.03. The zero-order chi connectivity index (χ0) is 19.4. The zero-order valence-electron chi connectivity index (χ0n) is 16.3. The molecule has 0 aliphatic carbocycles. The van der Waals surface area contributed by atoms with Crippen molar-refractivity contribution in [1.29, 1.82) is 0 Å². The monoisotopic (exact) mass is 513 g/mol. The smallest absolute Gasteiger partial charge is 0.238 e. The average molecular weight is 513 g/mol. The van der Waals surface area contributed by atoms with Gasteiger partial charge in [-0.2, -0.15) is 0 Å². The molecule has 0 aliphatic heterocycles. The number of likely N-dealkylation sites (N-methyl/N-ethyl adjacent to an activating group) is 1. The van der Waals surface area contributed by atoms with Crippen LogP contribution in [0, 0.1) is 0 Å². The van der Waals surface area contributed by atoms with E-state index in [1.54, 1.807) is 26.3 Å². The van der Waals surface area contributed by atoms with Gasteiger partial charge in [-0.3, -0.25) is 4.99 Å².